The number of carbonyl (C=O) groups is 2. The fourth-order valence-corrected chi connectivity index (χ4v) is 6.28. The van der Waals surface area contributed by atoms with Gasteiger partial charge in [0.05, 0.1) is 13.2 Å². The molecule has 0 spiro atoms. The molecule has 0 radical (unpaired) electrons. The van der Waals surface area contributed by atoms with Gasteiger partial charge in [-0.05, 0) is 77.0 Å². The van der Waals surface area contributed by atoms with Crippen LogP contribution in [0.15, 0.2) is 48.6 Å². The lowest BCUT2D eigenvalue weighted by Gasteiger charge is -2.19. The molecule has 308 valence electrons. The van der Waals surface area contributed by atoms with E-state index < -0.39 is 32.5 Å². The second kappa shape index (κ2) is 39.7. The standard InChI is InChI=1S/C43H78NO8P/c1-3-5-7-9-11-13-15-17-19-20-22-23-25-27-29-31-33-35-42(45)49-39-41(40-51-53(47,48)50-38-37-44)52-43(46)36-34-32-30-28-26-24-21-18-16-14-12-10-8-6-4-2/h11-14,17-19,21,41H,3-10,15-16,20,22-40,44H2,1-2H3,(H,47,48)/b13-11+,14-12+,19-17+,21-18+/t41-/m1/s1. The van der Waals surface area contributed by atoms with E-state index in [4.69, 9.17) is 24.3 Å². The van der Waals surface area contributed by atoms with Crippen LogP contribution >= 0.6 is 7.82 Å². The van der Waals surface area contributed by atoms with Crippen LogP contribution in [0, 0.1) is 0 Å². The number of unbranched alkanes of at least 4 members (excludes halogenated alkanes) is 18. The Hall–Kier alpha value is -2.03. The van der Waals surface area contributed by atoms with Crippen LogP contribution in [-0.2, 0) is 32.7 Å². The number of hydrogen-bond donors (Lipinski definition) is 2. The van der Waals surface area contributed by atoms with Crippen molar-refractivity contribution in [3.05, 3.63) is 48.6 Å². The highest BCUT2D eigenvalue weighted by molar-refractivity contribution is 7.47. The molecule has 0 aliphatic heterocycles. The summed E-state index contributed by atoms with van der Waals surface area (Å²) in [6.07, 6.45) is 44.2. The van der Waals surface area contributed by atoms with E-state index in [-0.39, 0.29) is 32.6 Å². The summed E-state index contributed by atoms with van der Waals surface area (Å²) in [7, 11) is -4.38. The maximum absolute atomic E-state index is 12.6. The Morgan fingerprint density at radius 2 is 0.981 bits per heavy atom. The Kier molecular flexibility index (Phi) is 38.1. The molecule has 0 aliphatic rings. The van der Waals surface area contributed by atoms with Crippen molar-refractivity contribution in [3.63, 3.8) is 0 Å². The summed E-state index contributed by atoms with van der Waals surface area (Å²) in [5.41, 5.74) is 5.34. The Morgan fingerprint density at radius 1 is 0.566 bits per heavy atom. The number of allylic oxidation sites excluding steroid dienone is 8. The molecular weight excluding hydrogens is 689 g/mol. The van der Waals surface area contributed by atoms with Crippen molar-refractivity contribution >= 4 is 19.8 Å². The van der Waals surface area contributed by atoms with Gasteiger partial charge < -0.3 is 20.1 Å². The zero-order chi connectivity index (χ0) is 38.9. The normalized spacial score (nSPS) is 13.8. The van der Waals surface area contributed by atoms with E-state index in [1.807, 2.05) is 0 Å². The predicted molar refractivity (Wildman–Crippen MR) is 220 cm³/mol. The molecule has 0 aliphatic carbocycles. The Balaban J connectivity index is 4.20. The monoisotopic (exact) mass is 768 g/mol. The highest BCUT2D eigenvalue weighted by Gasteiger charge is 2.26. The minimum Gasteiger partial charge on any atom is -0.462 e. The molecule has 3 N–H and O–H groups in total. The topological polar surface area (TPSA) is 134 Å². The zero-order valence-corrected chi connectivity index (χ0v) is 34.6. The third-order valence-electron chi connectivity index (χ3n) is 8.69. The molecule has 0 saturated carbocycles. The molecule has 0 amide bonds. The molecule has 0 bridgehead atoms. The maximum atomic E-state index is 12.6. The minimum absolute atomic E-state index is 0.0483. The summed E-state index contributed by atoms with van der Waals surface area (Å²) >= 11 is 0. The highest BCUT2D eigenvalue weighted by Crippen LogP contribution is 2.43. The first-order valence-corrected chi connectivity index (χ1v) is 22.6. The summed E-state index contributed by atoms with van der Waals surface area (Å²) in [4.78, 5) is 34.8. The van der Waals surface area contributed by atoms with Crippen LogP contribution in [0.5, 0.6) is 0 Å². The number of esters is 2. The summed E-state index contributed by atoms with van der Waals surface area (Å²) in [5.74, 6) is -0.855. The van der Waals surface area contributed by atoms with E-state index in [0.717, 1.165) is 77.0 Å². The molecule has 9 nitrogen and oxygen atoms in total. The van der Waals surface area contributed by atoms with Crippen LogP contribution in [0.1, 0.15) is 181 Å². The molecule has 0 aromatic carbocycles. The smallest absolute Gasteiger partial charge is 0.462 e. The zero-order valence-electron chi connectivity index (χ0n) is 33.7. The molecule has 0 heterocycles. The van der Waals surface area contributed by atoms with Gasteiger partial charge in [-0.3, -0.25) is 18.6 Å². The van der Waals surface area contributed by atoms with Crippen molar-refractivity contribution in [2.75, 3.05) is 26.4 Å². The molecule has 0 rings (SSSR count). The Bertz CT molecular complexity index is 1010. The molecule has 2 atom stereocenters. The average Bonchev–Trinajstić information content (AvgIpc) is 3.14. The van der Waals surface area contributed by atoms with E-state index in [1.54, 1.807) is 0 Å². The number of rotatable bonds is 39. The molecule has 1 unspecified atom stereocenters. The number of carbonyl (C=O) groups excluding carboxylic acids is 2. The maximum Gasteiger partial charge on any atom is 0.472 e. The second-order valence-electron chi connectivity index (χ2n) is 13.8. The number of phosphoric acid groups is 1. The van der Waals surface area contributed by atoms with Crippen LogP contribution in [-0.4, -0.2) is 49.3 Å². The molecule has 0 saturated heterocycles. The minimum atomic E-state index is -4.38. The van der Waals surface area contributed by atoms with E-state index >= 15 is 0 Å². The van der Waals surface area contributed by atoms with Crippen LogP contribution in [0.4, 0.5) is 0 Å². The SMILES string of the molecule is CCCCC/C=C/C/C=C/CCCCCCCCCC(=O)OC[C@H](COP(=O)(O)OCCN)OC(=O)CCCCCCC/C=C/C/C=C/CCCCC. The predicted octanol–water partition coefficient (Wildman–Crippen LogP) is 11.9. The quantitative estimate of drug-likeness (QED) is 0.0271. The van der Waals surface area contributed by atoms with Gasteiger partial charge in [-0.25, -0.2) is 4.57 Å². The largest absolute Gasteiger partial charge is 0.472 e. The van der Waals surface area contributed by atoms with Crippen molar-refractivity contribution in [2.45, 2.75) is 187 Å². The van der Waals surface area contributed by atoms with Gasteiger partial charge in [0.25, 0.3) is 0 Å². The molecule has 0 fully saturated rings. The van der Waals surface area contributed by atoms with Crippen molar-refractivity contribution in [3.8, 4) is 0 Å². The Morgan fingerprint density at radius 3 is 1.43 bits per heavy atom. The van der Waals surface area contributed by atoms with Crippen molar-refractivity contribution in [1.82, 2.24) is 0 Å². The second-order valence-corrected chi connectivity index (χ2v) is 15.3. The van der Waals surface area contributed by atoms with Crippen molar-refractivity contribution in [1.29, 1.82) is 0 Å². The number of hydrogen-bond acceptors (Lipinski definition) is 8. The lowest BCUT2D eigenvalue weighted by Crippen LogP contribution is -2.29. The van der Waals surface area contributed by atoms with Gasteiger partial charge in [0, 0.05) is 19.4 Å². The van der Waals surface area contributed by atoms with Gasteiger partial charge >= 0.3 is 19.8 Å². The third kappa shape index (κ3) is 39.5. The van der Waals surface area contributed by atoms with E-state index in [9.17, 15) is 19.0 Å². The van der Waals surface area contributed by atoms with Gasteiger partial charge in [-0.2, -0.15) is 0 Å². The van der Waals surface area contributed by atoms with Crippen LogP contribution in [0.2, 0.25) is 0 Å². The van der Waals surface area contributed by atoms with Crippen LogP contribution in [0.3, 0.4) is 0 Å². The first-order chi connectivity index (χ1) is 25.8. The lowest BCUT2D eigenvalue weighted by molar-refractivity contribution is -0.161. The first kappa shape index (κ1) is 51.0. The summed E-state index contributed by atoms with van der Waals surface area (Å²) in [5, 5.41) is 0. The molecule has 53 heavy (non-hydrogen) atoms. The number of ether oxygens (including phenoxy) is 2. The van der Waals surface area contributed by atoms with Crippen LogP contribution in [0.25, 0.3) is 0 Å². The molecular formula is C43H78NO8P. The van der Waals surface area contributed by atoms with Crippen LogP contribution < -0.4 is 5.73 Å². The molecule has 0 aromatic rings. The summed E-state index contributed by atoms with van der Waals surface area (Å²) < 4.78 is 32.7. The fraction of sp³-hybridized carbons (Fsp3) is 0.767. The lowest BCUT2D eigenvalue weighted by atomic mass is 10.1. The number of phosphoric ester groups is 1. The summed E-state index contributed by atoms with van der Waals surface area (Å²) in [6, 6.07) is 0. The van der Waals surface area contributed by atoms with Gasteiger partial charge in [0.15, 0.2) is 6.10 Å². The third-order valence-corrected chi connectivity index (χ3v) is 9.67. The summed E-state index contributed by atoms with van der Waals surface area (Å²) in [6.45, 7) is 3.65. The van der Waals surface area contributed by atoms with Gasteiger partial charge in [-0.1, -0.05) is 140 Å². The van der Waals surface area contributed by atoms with E-state index in [1.165, 1.54) is 70.6 Å². The van der Waals surface area contributed by atoms with E-state index in [0.29, 0.717) is 6.42 Å². The fourth-order valence-electron chi connectivity index (χ4n) is 5.52. The Labute approximate surface area is 324 Å². The van der Waals surface area contributed by atoms with Crippen molar-refractivity contribution < 1.29 is 37.6 Å². The average molecular weight is 768 g/mol. The van der Waals surface area contributed by atoms with Gasteiger partial charge in [-0.15, -0.1) is 0 Å². The number of nitrogens with two attached hydrogens (primary N) is 1. The highest BCUT2D eigenvalue weighted by atomic mass is 31.2. The van der Waals surface area contributed by atoms with Gasteiger partial charge in [0.1, 0.15) is 6.61 Å². The molecule has 10 heteroatoms. The van der Waals surface area contributed by atoms with Crippen molar-refractivity contribution in [2.24, 2.45) is 5.73 Å². The molecule has 0 aromatic heterocycles. The van der Waals surface area contributed by atoms with E-state index in [2.05, 4.69) is 62.5 Å². The van der Waals surface area contributed by atoms with Gasteiger partial charge in [0.2, 0.25) is 0 Å². The first-order valence-electron chi connectivity index (χ1n) is 21.1.